The van der Waals surface area contributed by atoms with Crippen molar-refractivity contribution in [3.63, 3.8) is 0 Å². The Kier molecular flexibility index (Phi) is 9.41. The first-order chi connectivity index (χ1) is 22.9. The van der Waals surface area contributed by atoms with E-state index in [0.717, 1.165) is 74.1 Å². The van der Waals surface area contributed by atoms with E-state index in [2.05, 4.69) is 115 Å². The summed E-state index contributed by atoms with van der Waals surface area (Å²) in [5, 5.41) is 0. The smallest absolute Gasteiger partial charge is 0.0771 e. The monoisotopic (exact) mass is 624 g/mol. The van der Waals surface area contributed by atoms with E-state index < -0.39 is 0 Å². The van der Waals surface area contributed by atoms with Crippen LogP contribution < -0.4 is 0 Å². The number of nitrogens with one attached hydrogen (secondary N) is 2. The standard InChI is InChI=1S/C43H52N4/c1-10-26-28(12-3)37-23-39-30(14-5)32(16-7)42(46-39)41(34-21-19-18-20-25(34)9)43-33(17-8)31(15-6)40(47-43)24-38-29(13-4)27(11-2)36(45-38)22-35(26)44-37/h18-24,44,46H,10-17H2,1-9H3. The third-order valence-electron chi connectivity index (χ3n) is 10.5. The average Bonchev–Trinajstić information content (AvgIpc) is 3.81. The molecule has 1 aromatic carbocycles. The lowest BCUT2D eigenvalue weighted by Crippen LogP contribution is -1.94. The van der Waals surface area contributed by atoms with Crippen LogP contribution in [-0.2, 0) is 25.7 Å². The second-order valence-corrected chi connectivity index (χ2v) is 12.9. The Morgan fingerprint density at radius 1 is 0.489 bits per heavy atom. The Balaban J connectivity index is 1.94. The Morgan fingerprint density at radius 3 is 1.55 bits per heavy atom. The maximum absolute atomic E-state index is 5.60. The number of aromatic nitrogens is 4. The summed E-state index contributed by atoms with van der Waals surface area (Å²) in [4.78, 5) is 18.9. The molecule has 0 fully saturated rings. The van der Waals surface area contributed by atoms with Crippen molar-refractivity contribution in [2.75, 3.05) is 0 Å². The number of fused-ring (bicyclic) bond motifs is 8. The van der Waals surface area contributed by atoms with Gasteiger partial charge in [-0.2, -0.15) is 0 Å². The van der Waals surface area contributed by atoms with Gasteiger partial charge in [-0.25, -0.2) is 9.97 Å². The van der Waals surface area contributed by atoms with Gasteiger partial charge < -0.3 is 9.97 Å². The normalized spacial score (nSPS) is 13.3. The number of H-pyrrole nitrogens is 2. The van der Waals surface area contributed by atoms with Crippen molar-refractivity contribution >= 4 is 44.4 Å². The molecule has 0 atom stereocenters. The fourth-order valence-electron chi connectivity index (χ4n) is 8.31. The van der Waals surface area contributed by atoms with Crippen molar-refractivity contribution in [3.8, 4) is 11.1 Å². The van der Waals surface area contributed by atoms with E-state index in [1.54, 1.807) is 0 Å². The summed E-state index contributed by atoms with van der Waals surface area (Å²) in [6.45, 7) is 20.5. The maximum Gasteiger partial charge on any atom is 0.0771 e. The zero-order chi connectivity index (χ0) is 33.4. The van der Waals surface area contributed by atoms with Crippen molar-refractivity contribution in [1.82, 2.24) is 19.9 Å². The van der Waals surface area contributed by atoms with E-state index in [0.29, 0.717) is 0 Å². The molecular formula is C43H52N4. The van der Waals surface area contributed by atoms with Gasteiger partial charge in [0.05, 0.1) is 28.3 Å². The molecule has 0 amide bonds. The van der Waals surface area contributed by atoms with Gasteiger partial charge >= 0.3 is 0 Å². The highest BCUT2D eigenvalue weighted by atomic mass is 14.8. The van der Waals surface area contributed by atoms with Crippen LogP contribution in [0.4, 0.5) is 0 Å². The van der Waals surface area contributed by atoms with Crippen molar-refractivity contribution in [2.45, 2.75) is 114 Å². The molecule has 4 nitrogen and oxygen atoms in total. The van der Waals surface area contributed by atoms with Gasteiger partial charge in [0.15, 0.2) is 0 Å². The molecule has 4 heteroatoms. The number of nitrogens with zero attached hydrogens (tertiary/aromatic N) is 2. The van der Waals surface area contributed by atoms with E-state index in [1.165, 1.54) is 83.3 Å². The molecule has 0 saturated heterocycles. The molecule has 5 heterocycles. The van der Waals surface area contributed by atoms with Crippen LogP contribution in [0.3, 0.4) is 0 Å². The van der Waals surface area contributed by atoms with Crippen LogP contribution in [0.25, 0.3) is 55.5 Å². The molecule has 2 aliphatic rings. The molecule has 6 rings (SSSR count). The molecule has 0 unspecified atom stereocenters. The van der Waals surface area contributed by atoms with Crippen LogP contribution >= 0.6 is 0 Å². The number of hydrogen-bond acceptors (Lipinski definition) is 2. The molecule has 2 N–H and O–H groups in total. The zero-order valence-corrected chi connectivity index (χ0v) is 30.1. The van der Waals surface area contributed by atoms with Gasteiger partial charge in [0.1, 0.15) is 0 Å². The van der Waals surface area contributed by atoms with Crippen molar-refractivity contribution in [3.05, 3.63) is 93.1 Å². The molecule has 2 aliphatic heterocycles. The van der Waals surface area contributed by atoms with Crippen LogP contribution in [0.1, 0.15) is 132 Å². The minimum atomic E-state index is 0.926. The molecule has 244 valence electrons. The second kappa shape index (κ2) is 13.5. The Morgan fingerprint density at radius 2 is 0.979 bits per heavy atom. The number of aromatic amines is 2. The fraction of sp³-hybridized carbons (Fsp3) is 0.395. The van der Waals surface area contributed by atoms with Crippen molar-refractivity contribution < 1.29 is 0 Å². The highest BCUT2D eigenvalue weighted by Gasteiger charge is 2.26. The summed E-state index contributed by atoms with van der Waals surface area (Å²) in [7, 11) is 0. The molecule has 8 bridgehead atoms. The zero-order valence-electron chi connectivity index (χ0n) is 30.1. The predicted octanol–water partition coefficient (Wildman–Crippen LogP) is 12.0. The number of allylic oxidation sites excluding steroid dienone is 4. The lowest BCUT2D eigenvalue weighted by Gasteiger charge is -2.12. The summed E-state index contributed by atoms with van der Waals surface area (Å²) in [6, 6.07) is 15.8. The maximum atomic E-state index is 5.60. The van der Waals surface area contributed by atoms with Crippen LogP contribution in [0, 0.1) is 6.92 Å². The Hall–Kier alpha value is -4.18. The quantitative estimate of drug-likeness (QED) is 0.195. The fourth-order valence-corrected chi connectivity index (χ4v) is 8.31. The first kappa shape index (κ1) is 32.7. The van der Waals surface area contributed by atoms with E-state index in [-0.39, 0.29) is 0 Å². The summed E-state index contributed by atoms with van der Waals surface area (Å²) in [5.41, 5.74) is 23.8. The number of benzene rings is 1. The van der Waals surface area contributed by atoms with E-state index in [9.17, 15) is 0 Å². The second-order valence-electron chi connectivity index (χ2n) is 12.9. The number of aryl methyl sites for hydroxylation is 5. The van der Waals surface area contributed by atoms with E-state index >= 15 is 0 Å². The summed E-state index contributed by atoms with van der Waals surface area (Å²) >= 11 is 0. The Bertz CT molecular complexity index is 2080. The topological polar surface area (TPSA) is 57.4 Å². The van der Waals surface area contributed by atoms with Crippen molar-refractivity contribution in [1.29, 1.82) is 0 Å². The minimum absolute atomic E-state index is 0.926. The molecule has 4 aromatic rings. The molecule has 0 spiro atoms. The summed E-state index contributed by atoms with van der Waals surface area (Å²) in [6.07, 6.45) is 7.61. The first-order valence-corrected chi connectivity index (χ1v) is 18.2. The summed E-state index contributed by atoms with van der Waals surface area (Å²) < 4.78 is 0. The molecular weight excluding hydrogens is 573 g/mol. The van der Waals surface area contributed by atoms with Crippen molar-refractivity contribution in [2.24, 2.45) is 0 Å². The number of hydrogen-bond donors (Lipinski definition) is 2. The van der Waals surface area contributed by atoms with Gasteiger partial charge in [-0.05, 0) is 132 Å². The lowest BCUT2D eigenvalue weighted by molar-refractivity contribution is 1.07. The van der Waals surface area contributed by atoms with Gasteiger partial charge in [0.2, 0.25) is 0 Å². The van der Waals surface area contributed by atoms with Crippen LogP contribution in [-0.4, -0.2) is 19.9 Å². The van der Waals surface area contributed by atoms with Gasteiger partial charge in [-0.3, -0.25) is 0 Å². The van der Waals surface area contributed by atoms with Gasteiger partial charge in [0.25, 0.3) is 0 Å². The number of rotatable bonds is 9. The average molecular weight is 625 g/mol. The van der Waals surface area contributed by atoms with Crippen LogP contribution in [0.2, 0.25) is 0 Å². The largest absolute Gasteiger partial charge is 0.355 e. The van der Waals surface area contributed by atoms with Gasteiger partial charge in [0, 0.05) is 22.1 Å². The van der Waals surface area contributed by atoms with Crippen LogP contribution in [0.5, 0.6) is 0 Å². The molecule has 0 radical (unpaired) electrons. The van der Waals surface area contributed by atoms with E-state index in [1.807, 2.05) is 0 Å². The van der Waals surface area contributed by atoms with Crippen LogP contribution in [0.15, 0.2) is 42.5 Å². The van der Waals surface area contributed by atoms with Gasteiger partial charge in [-0.15, -0.1) is 0 Å². The molecule has 3 aromatic heterocycles. The molecule has 47 heavy (non-hydrogen) atoms. The molecule has 0 saturated carbocycles. The first-order valence-electron chi connectivity index (χ1n) is 18.2. The minimum Gasteiger partial charge on any atom is -0.355 e. The van der Waals surface area contributed by atoms with Gasteiger partial charge in [-0.1, -0.05) is 79.7 Å². The highest BCUT2D eigenvalue weighted by Crippen LogP contribution is 2.44. The third kappa shape index (κ3) is 5.40. The Labute approximate surface area is 281 Å². The lowest BCUT2D eigenvalue weighted by atomic mass is 9.91. The third-order valence-corrected chi connectivity index (χ3v) is 10.5. The predicted molar refractivity (Wildman–Crippen MR) is 203 cm³/mol. The summed E-state index contributed by atoms with van der Waals surface area (Å²) in [5.74, 6) is 0. The SMILES string of the molecule is CCC1=C(CC)c2cc3[nH]c(cc4[nH]c(c(CC)c4CC)c(-c4ccccc4C)c4nc(cc1n2)C(CC)=C4CC)c(CC)c3CC. The highest BCUT2D eigenvalue weighted by molar-refractivity contribution is 6.02. The van der Waals surface area contributed by atoms with E-state index in [4.69, 9.17) is 9.97 Å². The molecule has 0 aliphatic carbocycles.